The number of nitrogens with zero attached hydrogens (tertiary/aromatic N) is 3. The SMILES string of the molecule is CCOc1ccccc1CNC(=O)C1CCCN(S(=O)(=O)c2cn(C(C)C)cn2)C1. The fourth-order valence-corrected chi connectivity index (χ4v) is 4.96. The number of carbonyl (C=O) groups excluding carboxylic acids is 1. The second-order valence-corrected chi connectivity index (χ2v) is 9.60. The van der Waals surface area contributed by atoms with Gasteiger partial charge in [-0.05, 0) is 39.7 Å². The summed E-state index contributed by atoms with van der Waals surface area (Å²) in [7, 11) is -3.72. The molecule has 1 aromatic carbocycles. The summed E-state index contributed by atoms with van der Waals surface area (Å²) in [5.74, 6) is 0.211. The Balaban J connectivity index is 1.64. The first-order valence-electron chi connectivity index (χ1n) is 10.3. The minimum Gasteiger partial charge on any atom is -0.494 e. The van der Waals surface area contributed by atoms with Gasteiger partial charge in [0.25, 0.3) is 10.0 Å². The van der Waals surface area contributed by atoms with E-state index < -0.39 is 10.0 Å². The van der Waals surface area contributed by atoms with Crippen molar-refractivity contribution in [1.29, 1.82) is 0 Å². The monoisotopic (exact) mass is 434 g/mol. The van der Waals surface area contributed by atoms with Gasteiger partial charge in [0, 0.05) is 37.4 Å². The number of sulfonamides is 1. The van der Waals surface area contributed by atoms with Crippen LogP contribution in [-0.2, 0) is 21.4 Å². The Morgan fingerprint density at radius 3 is 2.80 bits per heavy atom. The molecular weight excluding hydrogens is 404 g/mol. The van der Waals surface area contributed by atoms with Gasteiger partial charge in [-0.1, -0.05) is 18.2 Å². The summed E-state index contributed by atoms with van der Waals surface area (Å²) in [5, 5.41) is 2.97. The zero-order chi connectivity index (χ0) is 21.7. The minimum absolute atomic E-state index is 0.0305. The molecule has 2 heterocycles. The molecule has 1 aliphatic rings. The van der Waals surface area contributed by atoms with Crippen LogP contribution < -0.4 is 10.1 Å². The Morgan fingerprint density at radius 2 is 2.10 bits per heavy atom. The third-order valence-electron chi connectivity index (χ3n) is 5.26. The Kier molecular flexibility index (Phi) is 7.14. The molecule has 1 fully saturated rings. The number of rotatable bonds is 8. The Labute approximate surface area is 178 Å². The summed E-state index contributed by atoms with van der Waals surface area (Å²) in [6.07, 6.45) is 4.37. The standard InChI is InChI=1S/C21H30N4O4S/c1-4-29-19-10-6-5-8-17(19)12-22-21(26)18-9-7-11-25(13-18)30(27,28)20-14-24(15-23-20)16(2)3/h5-6,8,10,14-16,18H,4,7,9,11-13H2,1-3H3,(H,22,26). The van der Waals surface area contributed by atoms with Crippen LogP contribution in [-0.4, -0.2) is 47.9 Å². The maximum Gasteiger partial charge on any atom is 0.262 e. The summed E-state index contributed by atoms with van der Waals surface area (Å²) >= 11 is 0. The van der Waals surface area contributed by atoms with Crippen molar-refractivity contribution in [2.24, 2.45) is 5.92 Å². The van der Waals surface area contributed by atoms with Crippen LogP contribution in [0, 0.1) is 5.92 Å². The molecule has 3 rings (SSSR count). The molecule has 0 spiro atoms. The van der Waals surface area contributed by atoms with Crippen LogP contribution in [0.3, 0.4) is 0 Å². The van der Waals surface area contributed by atoms with Gasteiger partial charge < -0.3 is 14.6 Å². The average Bonchev–Trinajstić information content (AvgIpc) is 3.25. The van der Waals surface area contributed by atoms with Gasteiger partial charge in [-0.2, -0.15) is 4.31 Å². The first kappa shape index (κ1) is 22.3. The summed E-state index contributed by atoms with van der Waals surface area (Å²) in [4.78, 5) is 16.8. The molecule has 164 valence electrons. The lowest BCUT2D eigenvalue weighted by molar-refractivity contribution is -0.126. The molecular formula is C21H30N4O4S. The average molecular weight is 435 g/mol. The lowest BCUT2D eigenvalue weighted by atomic mass is 9.98. The van der Waals surface area contributed by atoms with Crippen LogP contribution in [0.1, 0.15) is 45.2 Å². The molecule has 1 N–H and O–H groups in total. The maximum absolute atomic E-state index is 13.0. The van der Waals surface area contributed by atoms with E-state index in [-0.39, 0.29) is 29.4 Å². The molecule has 1 atom stereocenters. The van der Waals surface area contributed by atoms with E-state index in [2.05, 4.69) is 10.3 Å². The molecule has 0 radical (unpaired) electrons. The third-order valence-corrected chi connectivity index (χ3v) is 7.01. The quantitative estimate of drug-likeness (QED) is 0.689. The van der Waals surface area contributed by atoms with Crippen molar-refractivity contribution in [3.63, 3.8) is 0 Å². The number of nitrogens with one attached hydrogen (secondary N) is 1. The molecule has 1 aromatic heterocycles. The van der Waals surface area contributed by atoms with Crippen LogP contribution in [0.15, 0.2) is 41.8 Å². The second kappa shape index (κ2) is 9.61. The van der Waals surface area contributed by atoms with Crippen LogP contribution in [0.2, 0.25) is 0 Å². The molecule has 1 amide bonds. The van der Waals surface area contributed by atoms with Gasteiger partial charge in [-0.15, -0.1) is 0 Å². The van der Waals surface area contributed by atoms with Crippen molar-refractivity contribution < 1.29 is 17.9 Å². The summed E-state index contributed by atoms with van der Waals surface area (Å²) in [6.45, 7) is 7.29. The molecule has 9 heteroatoms. The summed E-state index contributed by atoms with van der Waals surface area (Å²) in [6, 6.07) is 7.70. The van der Waals surface area contributed by atoms with Gasteiger partial charge >= 0.3 is 0 Å². The topological polar surface area (TPSA) is 93.5 Å². The molecule has 0 bridgehead atoms. The first-order valence-corrected chi connectivity index (χ1v) is 11.8. The number of carbonyl (C=O) groups is 1. The largest absolute Gasteiger partial charge is 0.494 e. The number of aromatic nitrogens is 2. The lowest BCUT2D eigenvalue weighted by Gasteiger charge is -2.30. The molecule has 1 unspecified atom stereocenters. The van der Waals surface area contributed by atoms with E-state index in [9.17, 15) is 13.2 Å². The van der Waals surface area contributed by atoms with Crippen LogP contribution in [0.25, 0.3) is 0 Å². The molecule has 30 heavy (non-hydrogen) atoms. The molecule has 1 saturated heterocycles. The Hall–Kier alpha value is -2.39. The lowest BCUT2D eigenvalue weighted by Crippen LogP contribution is -2.45. The van der Waals surface area contributed by atoms with E-state index >= 15 is 0 Å². The first-order chi connectivity index (χ1) is 14.3. The highest BCUT2D eigenvalue weighted by atomic mass is 32.2. The Bertz CT molecular complexity index is 971. The van der Waals surface area contributed by atoms with Crippen molar-refractivity contribution in [2.45, 2.75) is 51.2 Å². The number of amides is 1. The number of para-hydroxylation sites is 1. The normalized spacial score (nSPS) is 17.8. The number of benzene rings is 1. The fraction of sp³-hybridized carbons (Fsp3) is 0.524. The predicted octanol–water partition coefficient (Wildman–Crippen LogP) is 2.58. The molecule has 8 nitrogen and oxygen atoms in total. The van der Waals surface area contributed by atoms with E-state index in [1.54, 1.807) is 10.8 Å². The van der Waals surface area contributed by atoms with Gasteiger partial charge in [0.1, 0.15) is 5.75 Å². The highest BCUT2D eigenvalue weighted by molar-refractivity contribution is 7.89. The zero-order valence-corrected chi connectivity index (χ0v) is 18.6. The Morgan fingerprint density at radius 1 is 1.33 bits per heavy atom. The van der Waals surface area contributed by atoms with Crippen molar-refractivity contribution in [3.05, 3.63) is 42.4 Å². The maximum atomic E-state index is 13.0. The van der Waals surface area contributed by atoms with Crippen LogP contribution in [0.5, 0.6) is 5.75 Å². The van der Waals surface area contributed by atoms with E-state index in [4.69, 9.17) is 4.74 Å². The fourth-order valence-electron chi connectivity index (χ4n) is 3.51. The van der Waals surface area contributed by atoms with Crippen LogP contribution in [0.4, 0.5) is 0 Å². The van der Waals surface area contributed by atoms with Crippen molar-refractivity contribution in [3.8, 4) is 5.75 Å². The van der Waals surface area contributed by atoms with Gasteiger partial charge in [0.15, 0.2) is 5.03 Å². The predicted molar refractivity (Wildman–Crippen MR) is 114 cm³/mol. The third kappa shape index (κ3) is 5.02. The number of imidazole rings is 1. The zero-order valence-electron chi connectivity index (χ0n) is 17.7. The van der Waals surface area contributed by atoms with Crippen molar-refractivity contribution >= 4 is 15.9 Å². The minimum atomic E-state index is -3.72. The summed E-state index contributed by atoms with van der Waals surface area (Å²) < 4.78 is 34.7. The molecule has 0 aliphatic carbocycles. The second-order valence-electron chi connectivity index (χ2n) is 7.71. The van der Waals surface area contributed by atoms with E-state index in [0.717, 1.165) is 11.3 Å². The highest BCUT2D eigenvalue weighted by Gasteiger charge is 2.34. The molecule has 0 saturated carbocycles. The van der Waals surface area contributed by atoms with Gasteiger partial charge in [-0.3, -0.25) is 4.79 Å². The number of ether oxygens (including phenoxy) is 1. The van der Waals surface area contributed by atoms with Gasteiger partial charge in [-0.25, -0.2) is 13.4 Å². The van der Waals surface area contributed by atoms with Crippen molar-refractivity contribution in [1.82, 2.24) is 19.2 Å². The van der Waals surface area contributed by atoms with Crippen molar-refractivity contribution in [2.75, 3.05) is 19.7 Å². The number of piperidine rings is 1. The van der Waals surface area contributed by atoms with Gasteiger partial charge in [0.05, 0.1) is 18.9 Å². The summed E-state index contributed by atoms with van der Waals surface area (Å²) in [5.41, 5.74) is 0.896. The van der Waals surface area contributed by atoms with E-state index in [0.29, 0.717) is 32.5 Å². The van der Waals surface area contributed by atoms with Gasteiger partial charge in [0.2, 0.25) is 5.91 Å². The van der Waals surface area contributed by atoms with E-state index in [1.807, 2.05) is 45.0 Å². The smallest absolute Gasteiger partial charge is 0.262 e. The number of hydrogen-bond acceptors (Lipinski definition) is 5. The highest BCUT2D eigenvalue weighted by Crippen LogP contribution is 2.24. The molecule has 1 aliphatic heterocycles. The molecule has 2 aromatic rings. The van der Waals surface area contributed by atoms with Crippen LogP contribution >= 0.6 is 0 Å². The van der Waals surface area contributed by atoms with E-state index in [1.165, 1.54) is 10.6 Å². The number of hydrogen-bond donors (Lipinski definition) is 1.